The topological polar surface area (TPSA) is 101 Å². The summed E-state index contributed by atoms with van der Waals surface area (Å²) in [6.45, 7) is 0.0875. The zero-order valence-electron chi connectivity index (χ0n) is 15.0. The number of aromatic nitrogens is 2. The molecule has 28 heavy (non-hydrogen) atoms. The van der Waals surface area contributed by atoms with Gasteiger partial charge in [0.1, 0.15) is 11.3 Å². The third kappa shape index (κ3) is 3.74. The second-order valence-electron chi connectivity index (χ2n) is 5.69. The molecule has 0 saturated carbocycles. The van der Waals surface area contributed by atoms with E-state index in [0.717, 1.165) is 0 Å². The van der Waals surface area contributed by atoms with Crippen LogP contribution in [0.4, 0.5) is 4.39 Å². The summed E-state index contributed by atoms with van der Waals surface area (Å²) in [6.07, 6.45) is 3.22. The fourth-order valence-electron chi connectivity index (χ4n) is 2.66. The molecule has 0 fully saturated rings. The molecule has 2 aromatic heterocycles. The van der Waals surface area contributed by atoms with Gasteiger partial charge >= 0.3 is 5.97 Å². The highest BCUT2D eigenvalue weighted by atomic mass is 32.2. The van der Waals surface area contributed by atoms with Crippen LogP contribution in [0.2, 0.25) is 0 Å². The maximum absolute atomic E-state index is 13.4. The standard InChI is InChI=1S/C19H16FN3O4S/c1-27-19(26)15-12-4-3-7-21-14(12)17(24)16(23-15)18(25)22-9-10-5-6-11(20)8-13(10)28-2/h3-8,24H,9H2,1-2H3,(H,22,25). The Morgan fingerprint density at radius 2 is 2.07 bits per heavy atom. The molecule has 0 unspecified atom stereocenters. The van der Waals surface area contributed by atoms with Gasteiger partial charge in [-0.25, -0.2) is 14.2 Å². The zero-order valence-corrected chi connectivity index (χ0v) is 15.8. The molecule has 0 bridgehead atoms. The minimum Gasteiger partial charge on any atom is -0.504 e. The van der Waals surface area contributed by atoms with Crippen molar-refractivity contribution in [2.75, 3.05) is 13.4 Å². The maximum Gasteiger partial charge on any atom is 0.357 e. The first-order chi connectivity index (χ1) is 13.5. The monoisotopic (exact) mass is 401 g/mol. The first-order valence-corrected chi connectivity index (χ1v) is 9.35. The van der Waals surface area contributed by atoms with Crippen molar-refractivity contribution in [2.24, 2.45) is 0 Å². The van der Waals surface area contributed by atoms with Crippen LogP contribution in [0.3, 0.4) is 0 Å². The van der Waals surface area contributed by atoms with E-state index in [4.69, 9.17) is 4.74 Å². The number of methoxy groups -OCH3 is 1. The van der Waals surface area contributed by atoms with Crippen molar-refractivity contribution < 1.29 is 23.8 Å². The van der Waals surface area contributed by atoms with Gasteiger partial charge in [0.2, 0.25) is 0 Å². The van der Waals surface area contributed by atoms with E-state index in [9.17, 15) is 19.1 Å². The second-order valence-corrected chi connectivity index (χ2v) is 6.54. The summed E-state index contributed by atoms with van der Waals surface area (Å²) in [4.78, 5) is 33.4. The molecule has 1 aromatic carbocycles. The number of benzene rings is 1. The quantitative estimate of drug-likeness (QED) is 0.501. The molecule has 3 rings (SSSR count). The summed E-state index contributed by atoms with van der Waals surface area (Å²) < 4.78 is 18.1. The van der Waals surface area contributed by atoms with Crippen molar-refractivity contribution in [1.82, 2.24) is 15.3 Å². The van der Waals surface area contributed by atoms with Gasteiger partial charge in [-0.3, -0.25) is 9.78 Å². The van der Waals surface area contributed by atoms with Crippen LogP contribution in [0, 0.1) is 5.82 Å². The lowest BCUT2D eigenvalue weighted by Crippen LogP contribution is -2.25. The average Bonchev–Trinajstić information content (AvgIpc) is 2.72. The van der Waals surface area contributed by atoms with Crippen LogP contribution in [-0.2, 0) is 11.3 Å². The largest absolute Gasteiger partial charge is 0.504 e. The molecular formula is C19H16FN3O4S. The highest BCUT2D eigenvalue weighted by Crippen LogP contribution is 2.28. The van der Waals surface area contributed by atoms with Crippen LogP contribution in [0.1, 0.15) is 26.5 Å². The predicted octanol–water partition coefficient (Wildman–Crippen LogP) is 2.91. The van der Waals surface area contributed by atoms with Crippen LogP contribution < -0.4 is 5.32 Å². The molecule has 0 aliphatic heterocycles. The van der Waals surface area contributed by atoms with E-state index in [0.29, 0.717) is 10.5 Å². The lowest BCUT2D eigenvalue weighted by atomic mass is 10.1. The van der Waals surface area contributed by atoms with Gasteiger partial charge in [0, 0.05) is 23.0 Å². The van der Waals surface area contributed by atoms with Crippen LogP contribution >= 0.6 is 11.8 Å². The van der Waals surface area contributed by atoms with Gasteiger partial charge < -0.3 is 15.2 Å². The Hall–Kier alpha value is -3.20. The fraction of sp³-hybridized carbons (Fsp3) is 0.158. The number of hydrogen-bond donors (Lipinski definition) is 2. The summed E-state index contributed by atoms with van der Waals surface area (Å²) in [6, 6.07) is 7.36. The molecule has 1 amide bonds. The number of thioether (sulfide) groups is 1. The Balaban J connectivity index is 1.96. The zero-order chi connectivity index (χ0) is 20.3. The first kappa shape index (κ1) is 19.6. The molecule has 0 aliphatic carbocycles. The van der Waals surface area contributed by atoms with Crippen molar-refractivity contribution in [1.29, 1.82) is 0 Å². The minimum atomic E-state index is -0.754. The van der Waals surface area contributed by atoms with Gasteiger partial charge in [-0.15, -0.1) is 11.8 Å². The van der Waals surface area contributed by atoms with Crippen LogP contribution in [0.15, 0.2) is 41.4 Å². The Morgan fingerprint density at radius 1 is 1.29 bits per heavy atom. The summed E-state index contributed by atoms with van der Waals surface area (Å²) in [5, 5.41) is 13.3. The lowest BCUT2D eigenvalue weighted by Gasteiger charge is -2.12. The number of halogens is 1. The minimum absolute atomic E-state index is 0.0645. The molecular weight excluding hydrogens is 385 g/mol. The number of carbonyl (C=O) groups excluding carboxylic acids is 2. The van der Waals surface area contributed by atoms with Gasteiger partial charge in [-0.2, -0.15) is 0 Å². The predicted molar refractivity (Wildman–Crippen MR) is 102 cm³/mol. The fourth-order valence-corrected chi connectivity index (χ4v) is 3.29. The molecule has 0 spiro atoms. The second kappa shape index (κ2) is 8.22. The molecule has 7 nitrogen and oxygen atoms in total. The molecule has 144 valence electrons. The van der Waals surface area contributed by atoms with E-state index in [1.807, 2.05) is 0 Å². The Labute approximate surface area is 164 Å². The Bertz CT molecular complexity index is 1070. The van der Waals surface area contributed by atoms with Crippen molar-refractivity contribution in [2.45, 2.75) is 11.4 Å². The number of esters is 1. The summed E-state index contributed by atoms with van der Waals surface area (Å²) in [5.74, 6) is -2.27. The Morgan fingerprint density at radius 3 is 2.79 bits per heavy atom. The number of nitrogens with zero attached hydrogens (tertiary/aromatic N) is 2. The van der Waals surface area contributed by atoms with Crippen molar-refractivity contribution in [3.05, 3.63) is 59.3 Å². The summed E-state index contributed by atoms with van der Waals surface area (Å²) in [5.41, 5.74) is 0.294. The number of hydrogen-bond acceptors (Lipinski definition) is 7. The van der Waals surface area contributed by atoms with Crippen molar-refractivity contribution >= 4 is 34.5 Å². The molecule has 0 atom stereocenters. The van der Waals surface area contributed by atoms with Crippen LogP contribution in [0.25, 0.3) is 10.9 Å². The van der Waals surface area contributed by atoms with Gasteiger partial charge in [0.15, 0.2) is 17.1 Å². The van der Waals surface area contributed by atoms with E-state index in [-0.39, 0.29) is 34.7 Å². The smallest absolute Gasteiger partial charge is 0.357 e. The molecule has 3 aromatic rings. The number of rotatable bonds is 5. The third-order valence-electron chi connectivity index (χ3n) is 4.02. The van der Waals surface area contributed by atoms with Crippen LogP contribution in [0.5, 0.6) is 5.75 Å². The molecule has 0 radical (unpaired) electrons. The lowest BCUT2D eigenvalue weighted by molar-refractivity contribution is 0.0596. The van der Waals surface area contributed by atoms with E-state index >= 15 is 0 Å². The number of amides is 1. The average molecular weight is 401 g/mol. The van der Waals surface area contributed by atoms with Gasteiger partial charge in [0.05, 0.1) is 7.11 Å². The molecule has 2 heterocycles. The number of aromatic hydroxyl groups is 1. The van der Waals surface area contributed by atoms with Gasteiger partial charge in [-0.1, -0.05) is 6.07 Å². The Kier molecular flexibility index (Phi) is 5.74. The van der Waals surface area contributed by atoms with Crippen molar-refractivity contribution in [3.8, 4) is 5.75 Å². The number of pyridine rings is 2. The highest BCUT2D eigenvalue weighted by molar-refractivity contribution is 7.98. The SMILES string of the molecule is COC(=O)c1nc(C(=O)NCc2ccc(F)cc2SC)c(O)c2ncccc12. The van der Waals surface area contributed by atoms with E-state index in [2.05, 4.69) is 15.3 Å². The highest BCUT2D eigenvalue weighted by Gasteiger charge is 2.23. The maximum atomic E-state index is 13.4. The number of fused-ring (bicyclic) bond motifs is 1. The van der Waals surface area contributed by atoms with Crippen molar-refractivity contribution in [3.63, 3.8) is 0 Å². The third-order valence-corrected chi connectivity index (χ3v) is 4.84. The van der Waals surface area contributed by atoms with Gasteiger partial charge in [0.25, 0.3) is 5.91 Å². The number of nitrogens with one attached hydrogen (secondary N) is 1. The number of carbonyl (C=O) groups is 2. The summed E-state index contributed by atoms with van der Waals surface area (Å²) >= 11 is 1.34. The van der Waals surface area contributed by atoms with E-state index < -0.39 is 17.6 Å². The van der Waals surface area contributed by atoms with E-state index in [1.165, 1.54) is 37.2 Å². The number of ether oxygens (including phenoxy) is 1. The molecule has 2 N–H and O–H groups in total. The molecule has 9 heteroatoms. The molecule has 0 saturated heterocycles. The van der Waals surface area contributed by atoms with Gasteiger partial charge in [-0.05, 0) is 36.1 Å². The van der Waals surface area contributed by atoms with Crippen LogP contribution in [-0.4, -0.2) is 40.3 Å². The summed E-state index contributed by atoms with van der Waals surface area (Å²) in [7, 11) is 1.19. The normalized spacial score (nSPS) is 10.7. The van der Waals surface area contributed by atoms with E-state index in [1.54, 1.807) is 24.5 Å². The first-order valence-electron chi connectivity index (χ1n) is 8.13. The molecule has 0 aliphatic rings.